The minimum absolute atomic E-state index is 0.0449. The third-order valence-corrected chi connectivity index (χ3v) is 4.43. The number of ether oxygens (including phenoxy) is 1. The summed E-state index contributed by atoms with van der Waals surface area (Å²) in [6.07, 6.45) is 0.769. The maximum absolute atomic E-state index is 12.2. The van der Waals surface area contributed by atoms with Crippen molar-refractivity contribution in [1.29, 1.82) is 0 Å². The van der Waals surface area contributed by atoms with Crippen LogP contribution in [0.3, 0.4) is 0 Å². The maximum atomic E-state index is 12.2. The van der Waals surface area contributed by atoms with Crippen LogP contribution >= 0.6 is 0 Å². The molecule has 3 aromatic rings. The molecule has 1 amide bonds. The smallest absolute Gasteiger partial charge is 0.251 e. The molecule has 0 radical (unpaired) electrons. The second-order valence-corrected chi connectivity index (χ2v) is 6.85. The highest BCUT2D eigenvalue weighted by atomic mass is 16.5. The Bertz CT molecular complexity index is 981. The van der Waals surface area contributed by atoms with Crippen LogP contribution in [0.25, 0.3) is 0 Å². The summed E-state index contributed by atoms with van der Waals surface area (Å²) in [6, 6.07) is 25.3. The van der Waals surface area contributed by atoms with Crippen molar-refractivity contribution in [3.8, 4) is 17.6 Å². The molecule has 0 aliphatic carbocycles. The number of amides is 1. The van der Waals surface area contributed by atoms with E-state index in [1.165, 1.54) is 0 Å². The molecule has 3 rings (SSSR count). The number of rotatable bonds is 6. The first kappa shape index (κ1) is 20.2. The standard InChI is InChI=1S/C26H25NO2/c1-3-29-25-17-15-22(16-18-25)10-9-21-11-13-23(14-12-21)19-20(2)27-26(28)24-7-5-4-6-8-24/h4-8,11-18,20H,3,19H2,1-2H3,(H,27,28). The second kappa shape index (κ2) is 10.1. The van der Waals surface area contributed by atoms with Crippen LogP contribution in [0.15, 0.2) is 78.9 Å². The summed E-state index contributed by atoms with van der Waals surface area (Å²) in [5.41, 5.74) is 3.76. The zero-order chi connectivity index (χ0) is 20.5. The van der Waals surface area contributed by atoms with Crippen LogP contribution < -0.4 is 10.1 Å². The first-order valence-corrected chi connectivity index (χ1v) is 9.84. The summed E-state index contributed by atoms with van der Waals surface area (Å²) >= 11 is 0. The highest BCUT2D eigenvalue weighted by molar-refractivity contribution is 5.94. The molecule has 0 fully saturated rings. The lowest BCUT2D eigenvalue weighted by Gasteiger charge is -2.14. The summed E-state index contributed by atoms with van der Waals surface area (Å²) in [6.45, 7) is 4.64. The Morgan fingerprint density at radius 3 is 2.07 bits per heavy atom. The molecule has 0 aliphatic heterocycles. The highest BCUT2D eigenvalue weighted by Crippen LogP contribution is 2.12. The van der Waals surface area contributed by atoms with E-state index in [1.807, 2.05) is 80.6 Å². The van der Waals surface area contributed by atoms with Gasteiger partial charge >= 0.3 is 0 Å². The van der Waals surface area contributed by atoms with E-state index in [9.17, 15) is 4.79 Å². The topological polar surface area (TPSA) is 38.3 Å². The van der Waals surface area contributed by atoms with Crippen LogP contribution in [-0.2, 0) is 6.42 Å². The van der Waals surface area contributed by atoms with Crippen molar-refractivity contribution < 1.29 is 9.53 Å². The van der Waals surface area contributed by atoms with E-state index in [2.05, 4.69) is 29.3 Å². The van der Waals surface area contributed by atoms with E-state index in [0.717, 1.165) is 28.9 Å². The summed E-state index contributed by atoms with van der Waals surface area (Å²) in [7, 11) is 0. The van der Waals surface area contributed by atoms with Gasteiger partial charge in [-0.25, -0.2) is 0 Å². The summed E-state index contributed by atoms with van der Waals surface area (Å²) in [5, 5.41) is 3.04. The van der Waals surface area contributed by atoms with E-state index in [1.54, 1.807) is 0 Å². The molecule has 3 nitrogen and oxygen atoms in total. The molecule has 0 heterocycles. The fraction of sp³-hybridized carbons (Fsp3) is 0.192. The van der Waals surface area contributed by atoms with Crippen LogP contribution in [0.2, 0.25) is 0 Å². The normalized spacial score (nSPS) is 11.1. The lowest BCUT2D eigenvalue weighted by molar-refractivity contribution is 0.0940. The van der Waals surface area contributed by atoms with Gasteiger partial charge in [-0.2, -0.15) is 0 Å². The average Bonchev–Trinajstić information content (AvgIpc) is 2.75. The molecular weight excluding hydrogens is 358 g/mol. The molecule has 29 heavy (non-hydrogen) atoms. The van der Waals surface area contributed by atoms with E-state index in [-0.39, 0.29) is 11.9 Å². The second-order valence-electron chi connectivity index (χ2n) is 6.85. The van der Waals surface area contributed by atoms with Crippen molar-refractivity contribution >= 4 is 5.91 Å². The fourth-order valence-corrected chi connectivity index (χ4v) is 2.97. The molecule has 1 atom stereocenters. The van der Waals surface area contributed by atoms with Crippen LogP contribution in [0.4, 0.5) is 0 Å². The number of carbonyl (C=O) groups excluding carboxylic acids is 1. The van der Waals surface area contributed by atoms with Gasteiger partial charge in [0, 0.05) is 22.7 Å². The molecule has 0 saturated carbocycles. The van der Waals surface area contributed by atoms with Crippen molar-refractivity contribution in [2.45, 2.75) is 26.3 Å². The Hall–Kier alpha value is -3.51. The molecular formula is C26H25NO2. The molecule has 0 spiro atoms. The third kappa shape index (κ3) is 6.26. The molecule has 3 aromatic carbocycles. The molecule has 1 unspecified atom stereocenters. The number of hydrogen-bond acceptors (Lipinski definition) is 2. The minimum Gasteiger partial charge on any atom is -0.494 e. The predicted octanol–water partition coefficient (Wildman–Crippen LogP) is 4.85. The molecule has 146 valence electrons. The molecule has 0 bridgehead atoms. The van der Waals surface area contributed by atoms with Gasteiger partial charge in [-0.1, -0.05) is 42.2 Å². The van der Waals surface area contributed by atoms with Gasteiger partial charge in [-0.05, 0) is 74.4 Å². The van der Waals surface area contributed by atoms with Crippen molar-refractivity contribution in [3.05, 3.63) is 101 Å². The number of hydrogen-bond donors (Lipinski definition) is 1. The zero-order valence-corrected chi connectivity index (χ0v) is 16.8. The number of benzene rings is 3. The summed E-state index contributed by atoms with van der Waals surface area (Å²) in [5.74, 6) is 7.17. The van der Waals surface area contributed by atoms with Gasteiger partial charge in [0.15, 0.2) is 0 Å². The monoisotopic (exact) mass is 383 g/mol. The first-order chi connectivity index (χ1) is 14.1. The summed E-state index contributed by atoms with van der Waals surface area (Å²) in [4.78, 5) is 12.2. The largest absolute Gasteiger partial charge is 0.494 e. The van der Waals surface area contributed by atoms with Crippen molar-refractivity contribution in [2.75, 3.05) is 6.61 Å². The van der Waals surface area contributed by atoms with Gasteiger partial charge in [-0.15, -0.1) is 0 Å². The van der Waals surface area contributed by atoms with E-state index < -0.39 is 0 Å². The number of carbonyl (C=O) groups is 1. The van der Waals surface area contributed by atoms with Crippen molar-refractivity contribution in [3.63, 3.8) is 0 Å². The Morgan fingerprint density at radius 1 is 0.897 bits per heavy atom. The van der Waals surface area contributed by atoms with Gasteiger partial charge in [0.25, 0.3) is 5.91 Å². The lowest BCUT2D eigenvalue weighted by Crippen LogP contribution is -2.34. The van der Waals surface area contributed by atoms with Crippen LogP contribution in [0.1, 0.15) is 40.9 Å². The quantitative estimate of drug-likeness (QED) is 0.618. The van der Waals surface area contributed by atoms with Gasteiger partial charge in [-0.3, -0.25) is 4.79 Å². The Labute approximate surface area is 172 Å². The fourth-order valence-electron chi connectivity index (χ4n) is 2.97. The summed E-state index contributed by atoms with van der Waals surface area (Å²) < 4.78 is 5.44. The van der Waals surface area contributed by atoms with Gasteiger partial charge < -0.3 is 10.1 Å². The number of nitrogens with one attached hydrogen (secondary N) is 1. The molecule has 0 aliphatic rings. The molecule has 1 N–H and O–H groups in total. The van der Waals surface area contributed by atoms with Crippen LogP contribution in [0, 0.1) is 11.8 Å². The van der Waals surface area contributed by atoms with E-state index >= 15 is 0 Å². The van der Waals surface area contributed by atoms with Crippen molar-refractivity contribution in [1.82, 2.24) is 5.32 Å². The molecule has 0 saturated heterocycles. The maximum Gasteiger partial charge on any atom is 0.251 e. The van der Waals surface area contributed by atoms with Gasteiger partial charge in [0.1, 0.15) is 5.75 Å². The van der Waals surface area contributed by atoms with Crippen LogP contribution in [-0.4, -0.2) is 18.6 Å². The van der Waals surface area contributed by atoms with Crippen molar-refractivity contribution in [2.24, 2.45) is 0 Å². The minimum atomic E-state index is -0.0454. The van der Waals surface area contributed by atoms with E-state index in [0.29, 0.717) is 12.2 Å². The SMILES string of the molecule is CCOc1ccc(C#Cc2ccc(CC(C)NC(=O)c3ccccc3)cc2)cc1. The third-order valence-electron chi connectivity index (χ3n) is 4.43. The predicted molar refractivity (Wildman–Crippen MR) is 117 cm³/mol. The molecule has 0 aromatic heterocycles. The zero-order valence-electron chi connectivity index (χ0n) is 16.8. The average molecular weight is 383 g/mol. The van der Waals surface area contributed by atoms with Gasteiger partial charge in [0.05, 0.1) is 6.61 Å². The molecule has 3 heteroatoms. The van der Waals surface area contributed by atoms with E-state index in [4.69, 9.17) is 4.74 Å². The Kier molecular flexibility index (Phi) is 7.08. The van der Waals surface area contributed by atoms with Gasteiger partial charge in [0.2, 0.25) is 0 Å². The highest BCUT2D eigenvalue weighted by Gasteiger charge is 2.09. The Morgan fingerprint density at radius 2 is 1.48 bits per heavy atom. The van der Waals surface area contributed by atoms with Crippen LogP contribution in [0.5, 0.6) is 5.75 Å². The lowest BCUT2D eigenvalue weighted by atomic mass is 10.0. The first-order valence-electron chi connectivity index (χ1n) is 9.84. The Balaban J connectivity index is 1.55.